The number of methoxy groups -OCH3 is 1. The molecule has 1 heterocycles. The van der Waals surface area contributed by atoms with Crippen LogP contribution in [0.4, 0.5) is 0 Å². The van der Waals surface area contributed by atoms with Gasteiger partial charge in [0.25, 0.3) is 0 Å². The molecule has 3 heteroatoms. The zero-order valence-electron chi connectivity index (χ0n) is 13.1. The van der Waals surface area contributed by atoms with E-state index in [1.807, 2.05) is 7.11 Å². The topological polar surface area (TPSA) is 24.5 Å². The van der Waals surface area contributed by atoms with E-state index < -0.39 is 0 Å². The van der Waals surface area contributed by atoms with Crippen molar-refractivity contribution in [3.63, 3.8) is 0 Å². The maximum absolute atomic E-state index is 5.53. The molecular formula is C16H32N2O. The molecular weight excluding hydrogens is 236 g/mol. The van der Waals surface area contributed by atoms with Gasteiger partial charge >= 0.3 is 0 Å². The molecule has 0 spiro atoms. The Balaban J connectivity index is 1.76. The van der Waals surface area contributed by atoms with Gasteiger partial charge in [-0.1, -0.05) is 19.3 Å². The van der Waals surface area contributed by atoms with Crippen LogP contribution in [0.2, 0.25) is 0 Å². The molecule has 3 nitrogen and oxygen atoms in total. The average molecular weight is 268 g/mol. The zero-order valence-corrected chi connectivity index (χ0v) is 13.1. The molecule has 2 aliphatic rings. The molecule has 1 unspecified atom stereocenters. The van der Waals surface area contributed by atoms with E-state index in [0.29, 0.717) is 0 Å². The molecule has 19 heavy (non-hydrogen) atoms. The Morgan fingerprint density at radius 1 is 1.21 bits per heavy atom. The Labute approximate surface area is 119 Å². The van der Waals surface area contributed by atoms with Gasteiger partial charge in [-0.2, -0.15) is 0 Å². The number of piperazine rings is 1. The summed E-state index contributed by atoms with van der Waals surface area (Å²) in [6.07, 6.45) is 8.35. The van der Waals surface area contributed by atoms with E-state index in [2.05, 4.69) is 24.1 Å². The molecule has 0 radical (unpaired) electrons. The lowest BCUT2D eigenvalue weighted by atomic mass is 9.83. The van der Waals surface area contributed by atoms with Gasteiger partial charge in [-0.25, -0.2) is 0 Å². The number of nitrogens with one attached hydrogen (secondary N) is 1. The first-order chi connectivity index (χ1) is 9.11. The lowest BCUT2D eigenvalue weighted by Gasteiger charge is -2.40. The van der Waals surface area contributed by atoms with Gasteiger partial charge in [0.2, 0.25) is 0 Å². The highest BCUT2D eigenvalue weighted by Crippen LogP contribution is 2.27. The number of ether oxygens (including phenoxy) is 1. The third-order valence-corrected chi connectivity index (χ3v) is 5.09. The Hall–Kier alpha value is -0.120. The summed E-state index contributed by atoms with van der Waals surface area (Å²) in [6.45, 7) is 9.15. The van der Waals surface area contributed by atoms with E-state index >= 15 is 0 Å². The highest BCUT2D eigenvalue weighted by Gasteiger charge is 2.28. The molecule has 1 saturated heterocycles. The number of nitrogens with zero attached hydrogens (tertiary/aromatic N) is 1. The molecule has 0 aromatic rings. The molecule has 2 fully saturated rings. The van der Waals surface area contributed by atoms with E-state index in [1.165, 1.54) is 51.7 Å². The predicted octanol–water partition coefficient (Wildman–Crippen LogP) is 2.66. The minimum Gasteiger partial charge on any atom is -0.379 e. The van der Waals surface area contributed by atoms with Gasteiger partial charge in [0.15, 0.2) is 0 Å². The van der Waals surface area contributed by atoms with E-state index in [9.17, 15) is 0 Å². The van der Waals surface area contributed by atoms with Crippen molar-refractivity contribution in [1.29, 1.82) is 0 Å². The highest BCUT2D eigenvalue weighted by atomic mass is 16.5. The fraction of sp³-hybridized carbons (Fsp3) is 1.00. The number of rotatable bonds is 5. The van der Waals surface area contributed by atoms with Crippen LogP contribution in [-0.2, 0) is 4.74 Å². The Morgan fingerprint density at radius 3 is 2.63 bits per heavy atom. The molecule has 1 aliphatic carbocycles. The number of hydrogen-bond donors (Lipinski definition) is 1. The molecule has 0 aromatic carbocycles. The summed E-state index contributed by atoms with van der Waals surface area (Å²) in [5.41, 5.74) is 0.0191. The van der Waals surface area contributed by atoms with Gasteiger partial charge in [-0.15, -0.1) is 0 Å². The van der Waals surface area contributed by atoms with Gasteiger partial charge in [-0.3, -0.25) is 0 Å². The maximum atomic E-state index is 5.53. The van der Waals surface area contributed by atoms with E-state index in [-0.39, 0.29) is 5.60 Å². The van der Waals surface area contributed by atoms with Crippen molar-refractivity contribution in [2.75, 3.05) is 33.3 Å². The van der Waals surface area contributed by atoms with Crippen molar-refractivity contribution in [3.05, 3.63) is 0 Å². The first kappa shape index (κ1) is 15.3. The molecule has 1 atom stereocenters. The van der Waals surface area contributed by atoms with Gasteiger partial charge in [-0.05, 0) is 39.0 Å². The number of hydrogen-bond acceptors (Lipinski definition) is 3. The van der Waals surface area contributed by atoms with Crippen molar-refractivity contribution in [1.82, 2.24) is 10.2 Å². The van der Waals surface area contributed by atoms with Gasteiger partial charge < -0.3 is 15.0 Å². The van der Waals surface area contributed by atoms with Crippen LogP contribution >= 0.6 is 0 Å². The smallest absolute Gasteiger partial charge is 0.0634 e. The second-order valence-corrected chi connectivity index (χ2v) is 6.97. The van der Waals surface area contributed by atoms with Crippen molar-refractivity contribution in [2.45, 2.75) is 64.0 Å². The van der Waals surface area contributed by atoms with Crippen LogP contribution in [0, 0.1) is 5.92 Å². The van der Waals surface area contributed by atoms with Crippen LogP contribution in [0.3, 0.4) is 0 Å². The fourth-order valence-electron chi connectivity index (χ4n) is 3.43. The Morgan fingerprint density at radius 2 is 1.95 bits per heavy atom. The molecule has 1 N–H and O–H groups in total. The van der Waals surface area contributed by atoms with E-state index in [1.54, 1.807) is 0 Å². The first-order valence-corrected chi connectivity index (χ1v) is 8.11. The summed E-state index contributed by atoms with van der Waals surface area (Å²) in [7, 11) is 1.82. The predicted molar refractivity (Wildman–Crippen MR) is 80.5 cm³/mol. The highest BCUT2D eigenvalue weighted by molar-refractivity contribution is 4.86. The largest absolute Gasteiger partial charge is 0.379 e. The van der Waals surface area contributed by atoms with Crippen molar-refractivity contribution in [3.8, 4) is 0 Å². The second-order valence-electron chi connectivity index (χ2n) is 6.97. The normalized spacial score (nSPS) is 27.6. The summed E-state index contributed by atoms with van der Waals surface area (Å²) in [4.78, 5) is 2.64. The van der Waals surface area contributed by atoms with Crippen LogP contribution < -0.4 is 5.32 Å². The van der Waals surface area contributed by atoms with Crippen molar-refractivity contribution in [2.24, 2.45) is 5.92 Å². The third kappa shape index (κ3) is 4.73. The summed E-state index contributed by atoms with van der Waals surface area (Å²) in [5.74, 6) is 0.923. The van der Waals surface area contributed by atoms with Gasteiger partial charge in [0, 0.05) is 39.3 Å². The minimum atomic E-state index is 0.0191. The SMILES string of the molecule is COC(C)(C)CCN1CCNC(C2CCCCC2)C1. The minimum absolute atomic E-state index is 0.0191. The Bertz CT molecular complexity index is 261. The molecule has 0 bridgehead atoms. The monoisotopic (exact) mass is 268 g/mol. The molecule has 0 aromatic heterocycles. The van der Waals surface area contributed by atoms with Crippen LogP contribution in [0.25, 0.3) is 0 Å². The summed E-state index contributed by atoms with van der Waals surface area (Å²) in [5, 5.41) is 3.76. The molecule has 112 valence electrons. The lowest BCUT2D eigenvalue weighted by molar-refractivity contribution is 0.00406. The standard InChI is InChI=1S/C16H32N2O/c1-16(2,19-3)9-11-18-12-10-17-15(13-18)14-7-5-4-6-8-14/h14-15,17H,4-13H2,1-3H3. The summed E-state index contributed by atoms with van der Waals surface area (Å²) in [6, 6.07) is 0.736. The first-order valence-electron chi connectivity index (χ1n) is 8.11. The van der Waals surface area contributed by atoms with Crippen LogP contribution in [0.1, 0.15) is 52.4 Å². The molecule has 1 aliphatic heterocycles. The average Bonchev–Trinajstić information content (AvgIpc) is 2.47. The van der Waals surface area contributed by atoms with E-state index in [4.69, 9.17) is 4.74 Å². The molecule has 2 rings (SSSR count). The quantitative estimate of drug-likeness (QED) is 0.829. The van der Waals surface area contributed by atoms with Gasteiger partial charge in [0.05, 0.1) is 5.60 Å². The lowest BCUT2D eigenvalue weighted by Crippen LogP contribution is -2.54. The van der Waals surface area contributed by atoms with E-state index in [0.717, 1.165) is 24.9 Å². The van der Waals surface area contributed by atoms with Crippen LogP contribution in [-0.4, -0.2) is 49.8 Å². The van der Waals surface area contributed by atoms with Gasteiger partial charge in [0.1, 0.15) is 0 Å². The van der Waals surface area contributed by atoms with Crippen molar-refractivity contribution >= 4 is 0 Å². The Kier molecular flexibility index (Phi) is 5.67. The van der Waals surface area contributed by atoms with Crippen molar-refractivity contribution < 1.29 is 4.74 Å². The molecule has 0 amide bonds. The zero-order chi connectivity index (χ0) is 13.7. The van der Waals surface area contributed by atoms with Crippen LogP contribution in [0.15, 0.2) is 0 Å². The fourth-order valence-corrected chi connectivity index (χ4v) is 3.43. The third-order valence-electron chi connectivity index (χ3n) is 5.09. The second kappa shape index (κ2) is 7.05. The van der Waals surface area contributed by atoms with Crippen LogP contribution in [0.5, 0.6) is 0 Å². The summed E-state index contributed by atoms with van der Waals surface area (Å²) >= 11 is 0. The molecule has 1 saturated carbocycles. The summed E-state index contributed by atoms with van der Waals surface area (Å²) < 4.78 is 5.53. The maximum Gasteiger partial charge on any atom is 0.0634 e.